The fourth-order valence-electron chi connectivity index (χ4n) is 1.48. The van der Waals surface area contributed by atoms with E-state index in [4.69, 9.17) is 4.42 Å². The van der Waals surface area contributed by atoms with Crippen molar-refractivity contribution in [2.45, 2.75) is 33.2 Å². The lowest BCUT2D eigenvalue weighted by molar-refractivity contribution is -0.123. The summed E-state index contributed by atoms with van der Waals surface area (Å²) in [6.07, 6.45) is 2.00. The van der Waals surface area contributed by atoms with Gasteiger partial charge in [-0.3, -0.25) is 4.79 Å². The van der Waals surface area contributed by atoms with Crippen molar-refractivity contribution in [1.29, 1.82) is 0 Å². The zero-order valence-corrected chi connectivity index (χ0v) is 10.6. The molecule has 17 heavy (non-hydrogen) atoms. The van der Waals surface area contributed by atoms with Crippen molar-refractivity contribution in [3.63, 3.8) is 0 Å². The van der Waals surface area contributed by atoms with E-state index in [-0.39, 0.29) is 12.5 Å². The second-order valence-corrected chi connectivity index (χ2v) is 4.74. The Balaban J connectivity index is 2.49. The van der Waals surface area contributed by atoms with Gasteiger partial charge in [0.2, 0.25) is 5.91 Å². The van der Waals surface area contributed by atoms with Gasteiger partial charge in [0.05, 0.1) is 12.9 Å². The molecule has 2 atom stereocenters. The highest BCUT2D eigenvalue weighted by Gasteiger charge is 2.18. The average Bonchev–Trinajstić information content (AvgIpc) is 2.78. The van der Waals surface area contributed by atoms with Gasteiger partial charge in [0.25, 0.3) is 0 Å². The minimum Gasteiger partial charge on any atom is -0.467 e. The first-order valence-corrected chi connectivity index (χ1v) is 5.98. The maximum absolute atomic E-state index is 11.8. The highest BCUT2D eigenvalue weighted by molar-refractivity contribution is 5.76. The van der Waals surface area contributed by atoms with Crippen LogP contribution in [0.4, 0.5) is 0 Å². The number of rotatable bonds is 6. The lowest BCUT2D eigenvalue weighted by atomic mass is 9.94. The lowest BCUT2D eigenvalue weighted by Crippen LogP contribution is -2.32. The van der Waals surface area contributed by atoms with Crippen LogP contribution in [0.3, 0.4) is 0 Å². The molecule has 0 aliphatic carbocycles. The fraction of sp³-hybridized carbons (Fsp3) is 0.615. The molecule has 1 aromatic heterocycles. The molecule has 0 aliphatic heterocycles. The normalized spacial score (nSPS) is 14.6. The van der Waals surface area contributed by atoms with Gasteiger partial charge >= 0.3 is 0 Å². The van der Waals surface area contributed by atoms with Crippen LogP contribution in [0, 0.1) is 11.8 Å². The Morgan fingerprint density at radius 2 is 2.18 bits per heavy atom. The zero-order valence-electron chi connectivity index (χ0n) is 10.6. The molecular weight excluding hydrogens is 218 g/mol. The quantitative estimate of drug-likeness (QED) is 0.799. The Hall–Kier alpha value is -1.29. The van der Waals surface area contributed by atoms with Crippen LogP contribution in [0.25, 0.3) is 0 Å². The van der Waals surface area contributed by atoms with Gasteiger partial charge in [0.15, 0.2) is 0 Å². The van der Waals surface area contributed by atoms with E-state index in [1.54, 1.807) is 12.1 Å². The Morgan fingerprint density at radius 3 is 2.65 bits per heavy atom. The molecule has 2 unspecified atom stereocenters. The third kappa shape index (κ3) is 4.23. The van der Waals surface area contributed by atoms with E-state index < -0.39 is 6.04 Å². The van der Waals surface area contributed by atoms with Gasteiger partial charge in [0.1, 0.15) is 11.8 Å². The summed E-state index contributed by atoms with van der Waals surface area (Å²) in [6, 6.07) is 3.03. The fourth-order valence-corrected chi connectivity index (χ4v) is 1.48. The second kappa shape index (κ2) is 6.45. The van der Waals surface area contributed by atoms with Gasteiger partial charge in [-0.1, -0.05) is 20.8 Å². The SMILES string of the molecule is CC(C)C(C)CC(=O)NC(CO)c1ccco1. The van der Waals surface area contributed by atoms with Crippen LogP contribution in [-0.4, -0.2) is 17.6 Å². The van der Waals surface area contributed by atoms with Crippen molar-refractivity contribution >= 4 is 5.91 Å². The van der Waals surface area contributed by atoms with Crippen molar-refractivity contribution in [3.8, 4) is 0 Å². The number of hydrogen-bond acceptors (Lipinski definition) is 3. The predicted molar refractivity (Wildman–Crippen MR) is 65.3 cm³/mol. The van der Waals surface area contributed by atoms with Crippen LogP contribution in [0.1, 0.15) is 39.0 Å². The van der Waals surface area contributed by atoms with Crippen LogP contribution in [0.5, 0.6) is 0 Å². The summed E-state index contributed by atoms with van der Waals surface area (Å²) in [5.41, 5.74) is 0. The summed E-state index contributed by atoms with van der Waals surface area (Å²) in [6.45, 7) is 6.07. The standard InChI is InChI=1S/C13H21NO3/c1-9(2)10(3)7-13(16)14-11(8-15)12-5-4-6-17-12/h4-6,9-11,15H,7-8H2,1-3H3,(H,14,16). The molecule has 2 N–H and O–H groups in total. The third-order valence-corrected chi connectivity index (χ3v) is 3.05. The zero-order chi connectivity index (χ0) is 12.8. The van der Waals surface area contributed by atoms with Crippen molar-refractivity contribution < 1.29 is 14.3 Å². The third-order valence-electron chi connectivity index (χ3n) is 3.05. The molecule has 4 nitrogen and oxygen atoms in total. The van der Waals surface area contributed by atoms with Gasteiger partial charge in [-0.25, -0.2) is 0 Å². The number of furan rings is 1. The van der Waals surface area contributed by atoms with Crippen molar-refractivity contribution in [2.24, 2.45) is 11.8 Å². The van der Waals surface area contributed by atoms with Crippen LogP contribution in [0.15, 0.2) is 22.8 Å². The maximum atomic E-state index is 11.8. The smallest absolute Gasteiger partial charge is 0.220 e. The van der Waals surface area contributed by atoms with E-state index in [1.165, 1.54) is 6.26 Å². The molecule has 0 spiro atoms. The summed E-state index contributed by atoms with van der Waals surface area (Å²) >= 11 is 0. The number of nitrogens with one attached hydrogen (secondary N) is 1. The lowest BCUT2D eigenvalue weighted by Gasteiger charge is -2.18. The Bertz CT molecular complexity index is 332. The topological polar surface area (TPSA) is 62.5 Å². The summed E-state index contributed by atoms with van der Waals surface area (Å²) in [5.74, 6) is 1.32. The number of aliphatic hydroxyl groups is 1. The molecule has 0 radical (unpaired) electrons. The van der Waals surface area contributed by atoms with Crippen molar-refractivity contribution in [1.82, 2.24) is 5.32 Å². The monoisotopic (exact) mass is 239 g/mol. The molecule has 0 saturated carbocycles. The summed E-state index contributed by atoms with van der Waals surface area (Å²) in [7, 11) is 0. The number of carbonyl (C=O) groups is 1. The van der Waals surface area contributed by atoms with Crippen LogP contribution < -0.4 is 5.32 Å². The largest absolute Gasteiger partial charge is 0.467 e. The number of amides is 1. The van der Waals surface area contributed by atoms with Crippen molar-refractivity contribution in [2.75, 3.05) is 6.61 Å². The molecule has 0 bridgehead atoms. The second-order valence-electron chi connectivity index (χ2n) is 4.74. The molecule has 0 aliphatic rings. The van der Waals surface area contributed by atoms with E-state index in [1.807, 2.05) is 6.92 Å². The molecule has 1 aromatic rings. The molecule has 1 heterocycles. The number of hydrogen-bond donors (Lipinski definition) is 2. The van der Waals surface area contributed by atoms with Gasteiger partial charge < -0.3 is 14.8 Å². The van der Waals surface area contributed by atoms with E-state index >= 15 is 0 Å². The Labute approximate surface area is 102 Å². The number of carbonyl (C=O) groups excluding carboxylic acids is 1. The van der Waals surface area contributed by atoms with Gasteiger partial charge in [-0.2, -0.15) is 0 Å². The van der Waals surface area contributed by atoms with E-state index in [0.29, 0.717) is 24.0 Å². The first kappa shape index (κ1) is 13.8. The average molecular weight is 239 g/mol. The maximum Gasteiger partial charge on any atom is 0.220 e. The molecule has 1 amide bonds. The van der Waals surface area contributed by atoms with Gasteiger partial charge in [-0.05, 0) is 24.0 Å². The first-order chi connectivity index (χ1) is 8.04. The molecule has 1 rings (SSSR count). The summed E-state index contributed by atoms with van der Waals surface area (Å²) < 4.78 is 5.17. The summed E-state index contributed by atoms with van der Waals surface area (Å²) in [4.78, 5) is 11.8. The summed E-state index contributed by atoms with van der Waals surface area (Å²) in [5, 5.41) is 12.0. The number of aliphatic hydroxyl groups excluding tert-OH is 1. The van der Waals surface area contributed by atoms with E-state index in [0.717, 1.165) is 0 Å². The minimum atomic E-state index is -0.447. The molecule has 96 valence electrons. The van der Waals surface area contributed by atoms with Gasteiger partial charge in [-0.15, -0.1) is 0 Å². The van der Waals surface area contributed by atoms with Crippen LogP contribution in [-0.2, 0) is 4.79 Å². The van der Waals surface area contributed by atoms with Crippen LogP contribution >= 0.6 is 0 Å². The molecule has 0 fully saturated rings. The van der Waals surface area contributed by atoms with E-state index in [9.17, 15) is 9.90 Å². The molecular formula is C13H21NO3. The first-order valence-electron chi connectivity index (χ1n) is 5.98. The highest BCUT2D eigenvalue weighted by Crippen LogP contribution is 2.16. The Morgan fingerprint density at radius 1 is 1.47 bits per heavy atom. The van der Waals surface area contributed by atoms with Crippen LogP contribution in [0.2, 0.25) is 0 Å². The minimum absolute atomic E-state index is 0.0540. The predicted octanol–water partition coefficient (Wildman–Crippen LogP) is 2.11. The molecule has 0 aromatic carbocycles. The Kier molecular flexibility index (Phi) is 5.22. The van der Waals surface area contributed by atoms with Crippen molar-refractivity contribution in [3.05, 3.63) is 24.2 Å². The van der Waals surface area contributed by atoms with Gasteiger partial charge in [0, 0.05) is 6.42 Å². The molecule has 4 heteroatoms. The molecule has 0 saturated heterocycles. The van der Waals surface area contributed by atoms with E-state index in [2.05, 4.69) is 19.2 Å². The highest BCUT2D eigenvalue weighted by atomic mass is 16.3.